The lowest BCUT2D eigenvalue weighted by molar-refractivity contribution is -0.132. The molecule has 1 aliphatic heterocycles. The Bertz CT molecular complexity index is 955. The van der Waals surface area contributed by atoms with Crippen LogP contribution in [-0.2, 0) is 11.3 Å². The van der Waals surface area contributed by atoms with Crippen molar-refractivity contribution in [3.8, 4) is 0 Å². The van der Waals surface area contributed by atoms with Crippen molar-refractivity contribution in [3.63, 3.8) is 0 Å². The summed E-state index contributed by atoms with van der Waals surface area (Å²) >= 11 is 0. The first-order chi connectivity index (χ1) is 12.7. The van der Waals surface area contributed by atoms with Crippen molar-refractivity contribution >= 4 is 16.8 Å². The lowest BCUT2D eigenvalue weighted by atomic mass is 9.92. The number of fused-ring (bicyclic) bond motifs is 1. The van der Waals surface area contributed by atoms with E-state index in [2.05, 4.69) is 15.1 Å². The number of piperidine rings is 1. The molecule has 0 saturated carbocycles. The molecular weight excluding hydrogens is 330 g/mol. The molecule has 7 nitrogen and oxygen atoms in total. The van der Waals surface area contributed by atoms with E-state index in [1.165, 1.54) is 0 Å². The Morgan fingerprint density at radius 3 is 2.85 bits per heavy atom. The highest BCUT2D eigenvalue weighted by Crippen LogP contribution is 2.27. The Hall–Kier alpha value is -2.96. The first-order valence-electron chi connectivity index (χ1n) is 8.94. The molecule has 1 fully saturated rings. The quantitative estimate of drug-likeness (QED) is 0.778. The zero-order valence-corrected chi connectivity index (χ0v) is 14.5. The van der Waals surface area contributed by atoms with E-state index in [0.29, 0.717) is 18.5 Å². The molecule has 26 heavy (non-hydrogen) atoms. The molecule has 3 aromatic rings. The standard InChI is InChI=1S/C19H21N5O2/c25-17(6-12-24-9-2-8-21-24)23-10-4-14(5-11-23)16-13-15-3-1-7-20-18(15)19(26)22-16/h1-3,7-9,13-14H,4-6,10-12H2,(H,22,26). The molecule has 0 aliphatic carbocycles. The van der Waals surface area contributed by atoms with Gasteiger partial charge in [0, 0.05) is 61.6 Å². The van der Waals surface area contributed by atoms with Crippen molar-refractivity contribution in [1.29, 1.82) is 0 Å². The van der Waals surface area contributed by atoms with E-state index in [0.717, 1.165) is 37.0 Å². The largest absolute Gasteiger partial charge is 0.343 e. The monoisotopic (exact) mass is 351 g/mol. The minimum absolute atomic E-state index is 0.143. The van der Waals surface area contributed by atoms with Gasteiger partial charge in [-0.25, -0.2) is 0 Å². The zero-order chi connectivity index (χ0) is 17.9. The Morgan fingerprint density at radius 2 is 2.08 bits per heavy atom. The third-order valence-electron chi connectivity index (χ3n) is 5.02. The van der Waals surface area contributed by atoms with Crippen LogP contribution in [0.5, 0.6) is 0 Å². The number of nitrogens with one attached hydrogen (secondary N) is 1. The van der Waals surface area contributed by atoms with Crippen molar-refractivity contribution in [2.45, 2.75) is 31.7 Å². The second-order valence-corrected chi connectivity index (χ2v) is 6.67. The van der Waals surface area contributed by atoms with Gasteiger partial charge in [0.15, 0.2) is 0 Å². The van der Waals surface area contributed by atoms with Crippen LogP contribution in [0.3, 0.4) is 0 Å². The minimum atomic E-state index is -0.143. The molecule has 1 aliphatic rings. The summed E-state index contributed by atoms with van der Waals surface area (Å²) in [6.07, 6.45) is 7.39. The van der Waals surface area contributed by atoms with Gasteiger partial charge in [-0.1, -0.05) is 6.07 Å². The van der Waals surface area contributed by atoms with Crippen molar-refractivity contribution in [3.05, 3.63) is 58.9 Å². The van der Waals surface area contributed by atoms with Crippen LogP contribution in [0.2, 0.25) is 0 Å². The summed E-state index contributed by atoms with van der Waals surface area (Å²) in [5.41, 5.74) is 1.28. The fourth-order valence-electron chi connectivity index (χ4n) is 3.58. The molecule has 3 aromatic heterocycles. The summed E-state index contributed by atoms with van der Waals surface area (Å²) in [7, 11) is 0. The molecular formula is C19H21N5O2. The van der Waals surface area contributed by atoms with E-state index in [-0.39, 0.29) is 17.4 Å². The summed E-state index contributed by atoms with van der Waals surface area (Å²) in [5, 5.41) is 4.99. The first-order valence-corrected chi connectivity index (χ1v) is 8.94. The number of aromatic nitrogens is 4. The number of H-pyrrole nitrogens is 1. The molecule has 0 bridgehead atoms. The lowest BCUT2D eigenvalue weighted by Gasteiger charge is -2.32. The van der Waals surface area contributed by atoms with E-state index in [4.69, 9.17) is 0 Å². The van der Waals surface area contributed by atoms with E-state index in [1.54, 1.807) is 17.1 Å². The number of aromatic amines is 1. The van der Waals surface area contributed by atoms with Crippen molar-refractivity contribution < 1.29 is 4.79 Å². The predicted molar refractivity (Wildman–Crippen MR) is 97.8 cm³/mol. The number of amides is 1. The van der Waals surface area contributed by atoms with Gasteiger partial charge in [-0.05, 0) is 31.0 Å². The number of aryl methyl sites for hydroxylation is 1. The average Bonchev–Trinajstić information content (AvgIpc) is 3.20. The molecule has 1 amide bonds. The Labute approximate surface area is 150 Å². The van der Waals surface area contributed by atoms with Crippen molar-refractivity contribution in [2.24, 2.45) is 0 Å². The SMILES string of the molecule is O=C(CCn1cccn1)N1CCC(c2cc3cccnc3c(=O)[nH]2)CC1. The number of likely N-dealkylation sites (tertiary alicyclic amines) is 1. The van der Waals surface area contributed by atoms with E-state index in [9.17, 15) is 9.59 Å². The van der Waals surface area contributed by atoms with Gasteiger partial charge < -0.3 is 9.88 Å². The maximum atomic E-state index is 12.4. The summed E-state index contributed by atoms with van der Waals surface area (Å²) in [4.78, 5) is 33.6. The van der Waals surface area contributed by atoms with Crippen molar-refractivity contribution in [1.82, 2.24) is 24.6 Å². The minimum Gasteiger partial charge on any atom is -0.343 e. The molecule has 0 aromatic carbocycles. The Kier molecular flexibility index (Phi) is 4.51. The summed E-state index contributed by atoms with van der Waals surface area (Å²) < 4.78 is 1.78. The average molecular weight is 351 g/mol. The maximum Gasteiger partial charge on any atom is 0.274 e. The summed E-state index contributed by atoms with van der Waals surface area (Å²) in [5.74, 6) is 0.428. The molecule has 134 valence electrons. The number of carbonyl (C=O) groups is 1. The number of rotatable bonds is 4. The third kappa shape index (κ3) is 3.37. The van der Waals surface area contributed by atoms with Gasteiger partial charge in [-0.2, -0.15) is 5.10 Å². The van der Waals surface area contributed by atoms with Crippen LogP contribution in [0.1, 0.15) is 30.9 Å². The highest BCUT2D eigenvalue weighted by molar-refractivity contribution is 5.78. The van der Waals surface area contributed by atoms with Gasteiger partial charge in [-0.15, -0.1) is 0 Å². The smallest absolute Gasteiger partial charge is 0.274 e. The maximum absolute atomic E-state index is 12.4. The van der Waals surface area contributed by atoms with Crippen molar-refractivity contribution in [2.75, 3.05) is 13.1 Å². The normalized spacial score (nSPS) is 15.5. The van der Waals surface area contributed by atoms with Gasteiger partial charge in [0.25, 0.3) is 5.56 Å². The first kappa shape index (κ1) is 16.5. The molecule has 4 rings (SSSR count). The fraction of sp³-hybridized carbons (Fsp3) is 0.368. The Balaban J connectivity index is 1.39. The highest BCUT2D eigenvalue weighted by Gasteiger charge is 2.24. The van der Waals surface area contributed by atoms with Crippen LogP contribution in [0.15, 0.2) is 47.7 Å². The predicted octanol–water partition coefficient (Wildman–Crippen LogP) is 1.92. The number of nitrogens with zero attached hydrogens (tertiary/aromatic N) is 4. The van der Waals surface area contributed by atoms with E-state index < -0.39 is 0 Å². The summed E-state index contributed by atoms with van der Waals surface area (Å²) in [6, 6.07) is 7.63. The zero-order valence-electron chi connectivity index (χ0n) is 14.5. The molecule has 4 heterocycles. The van der Waals surface area contributed by atoms with Crippen LogP contribution < -0.4 is 5.56 Å². The molecule has 7 heteroatoms. The Morgan fingerprint density at radius 1 is 1.23 bits per heavy atom. The van der Waals surface area contributed by atoms with E-state index in [1.807, 2.05) is 35.4 Å². The fourth-order valence-corrected chi connectivity index (χ4v) is 3.58. The second kappa shape index (κ2) is 7.11. The molecule has 1 N–H and O–H groups in total. The van der Waals surface area contributed by atoms with Crippen LogP contribution >= 0.6 is 0 Å². The third-order valence-corrected chi connectivity index (χ3v) is 5.02. The number of carbonyl (C=O) groups excluding carboxylic acids is 1. The van der Waals surface area contributed by atoms with Gasteiger partial charge in [0.1, 0.15) is 5.52 Å². The molecule has 0 spiro atoms. The van der Waals surface area contributed by atoms with Crippen LogP contribution in [0, 0.1) is 0 Å². The van der Waals surface area contributed by atoms with Crippen LogP contribution in [0.4, 0.5) is 0 Å². The lowest BCUT2D eigenvalue weighted by Crippen LogP contribution is -2.38. The number of hydrogen-bond donors (Lipinski definition) is 1. The van der Waals surface area contributed by atoms with Gasteiger partial charge >= 0.3 is 0 Å². The highest BCUT2D eigenvalue weighted by atomic mass is 16.2. The van der Waals surface area contributed by atoms with Gasteiger partial charge in [0.05, 0.1) is 0 Å². The number of hydrogen-bond acceptors (Lipinski definition) is 4. The molecule has 0 radical (unpaired) electrons. The molecule has 1 saturated heterocycles. The second-order valence-electron chi connectivity index (χ2n) is 6.67. The van der Waals surface area contributed by atoms with E-state index >= 15 is 0 Å². The van der Waals surface area contributed by atoms with Gasteiger partial charge in [-0.3, -0.25) is 19.3 Å². The molecule has 0 atom stereocenters. The van der Waals surface area contributed by atoms with Gasteiger partial charge in [0.2, 0.25) is 5.91 Å². The summed E-state index contributed by atoms with van der Waals surface area (Å²) in [6.45, 7) is 2.04. The topological polar surface area (TPSA) is 83.9 Å². The number of pyridine rings is 2. The van der Waals surface area contributed by atoms with Crippen LogP contribution in [-0.4, -0.2) is 43.6 Å². The van der Waals surface area contributed by atoms with Crippen LogP contribution in [0.25, 0.3) is 10.9 Å². The molecule has 0 unspecified atom stereocenters.